The normalized spacial score (nSPS) is 21.3. The third kappa shape index (κ3) is 3.42. The second-order valence-corrected chi connectivity index (χ2v) is 3.68. The second-order valence-electron chi connectivity index (χ2n) is 3.68. The molecule has 1 atom stereocenters. The van der Waals surface area contributed by atoms with Crippen molar-refractivity contribution in [2.75, 3.05) is 13.2 Å². The molecule has 86 valence electrons. The maximum atomic E-state index is 11.4. The molecule has 1 amide bonds. The first-order valence-electron chi connectivity index (χ1n) is 5.30. The summed E-state index contributed by atoms with van der Waals surface area (Å²) in [4.78, 5) is 23.5. The molecule has 1 rings (SSSR count). The van der Waals surface area contributed by atoms with Crippen molar-refractivity contribution in [3.8, 4) is 0 Å². The Morgan fingerprint density at radius 1 is 1.67 bits per heavy atom. The molecular weight excluding hydrogens is 198 g/mol. The van der Waals surface area contributed by atoms with E-state index in [1.165, 1.54) is 0 Å². The van der Waals surface area contributed by atoms with Crippen LogP contribution in [0.2, 0.25) is 0 Å². The Kier molecular flexibility index (Phi) is 4.39. The van der Waals surface area contributed by atoms with Gasteiger partial charge in [0.05, 0.1) is 6.61 Å². The Balaban J connectivity index is 2.50. The van der Waals surface area contributed by atoms with Crippen LogP contribution >= 0.6 is 0 Å². The van der Waals surface area contributed by atoms with Crippen LogP contribution in [0, 0.1) is 0 Å². The molecule has 5 heteroatoms. The summed E-state index contributed by atoms with van der Waals surface area (Å²) in [5, 5.41) is 8.59. The van der Waals surface area contributed by atoms with Gasteiger partial charge in [-0.05, 0) is 12.8 Å². The van der Waals surface area contributed by atoms with Crippen LogP contribution in [-0.2, 0) is 9.53 Å². The molecule has 0 aromatic carbocycles. The molecule has 1 N–H and O–H groups in total. The molecule has 0 aromatic heterocycles. The smallest absolute Gasteiger partial charge is 0.410 e. The van der Waals surface area contributed by atoms with Gasteiger partial charge in [-0.2, -0.15) is 0 Å². The molecule has 0 saturated carbocycles. The zero-order valence-corrected chi connectivity index (χ0v) is 8.94. The van der Waals surface area contributed by atoms with Crippen molar-refractivity contribution in [2.45, 2.75) is 38.6 Å². The first-order chi connectivity index (χ1) is 7.15. The van der Waals surface area contributed by atoms with E-state index >= 15 is 0 Å². The first kappa shape index (κ1) is 11.8. The monoisotopic (exact) mass is 215 g/mol. The molecule has 1 unspecified atom stereocenters. The third-order valence-corrected chi connectivity index (χ3v) is 2.51. The molecule has 0 aromatic rings. The standard InChI is InChI=1S/C10H17NO4/c1-2-6-11-8(3-4-9(12)13)5-7-15-10(11)14/h8H,2-7H2,1H3,(H,12,13). The van der Waals surface area contributed by atoms with Gasteiger partial charge >= 0.3 is 12.1 Å². The van der Waals surface area contributed by atoms with E-state index in [1.54, 1.807) is 4.90 Å². The maximum Gasteiger partial charge on any atom is 0.410 e. The fourth-order valence-corrected chi connectivity index (χ4v) is 1.78. The van der Waals surface area contributed by atoms with E-state index in [0.717, 1.165) is 12.8 Å². The van der Waals surface area contributed by atoms with Gasteiger partial charge in [0.15, 0.2) is 0 Å². The highest BCUT2D eigenvalue weighted by Gasteiger charge is 2.28. The fraction of sp³-hybridized carbons (Fsp3) is 0.800. The van der Waals surface area contributed by atoms with Gasteiger partial charge < -0.3 is 14.7 Å². The zero-order chi connectivity index (χ0) is 11.3. The fourth-order valence-electron chi connectivity index (χ4n) is 1.78. The van der Waals surface area contributed by atoms with Crippen LogP contribution < -0.4 is 0 Å². The average molecular weight is 215 g/mol. The highest BCUT2D eigenvalue weighted by molar-refractivity contribution is 5.69. The summed E-state index contributed by atoms with van der Waals surface area (Å²) in [6, 6.07) is 0.0299. The van der Waals surface area contributed by atoms with E-state index in [-0.39, 0.29) is 18.6 Å². The molecule has 0 radical (unpaired) electrons. The Morgan fingerprint density at radius 3 is 3.00 bits per heavy atom. The minimum Gasteiger partial charge on any atom is -0.481 e. The molecule has 1 fully saturated rings. The quantitative estimate of drug-likeness (QED) is 0.754. The molecule has 5 nitrogen and oxygen atoms in total. The molecule has 0 bridgehead atoms. The summed E-state index contributed by atoms with van der Waals surface area (Å²) >= 11 is 0. The summed E-state index contributed by atoms with van der Waals surface area (Å²) in [7, 11) is 0. The highest BCUT2D eigenvalue weighted by Crippen LogP contribution is 2.18. The highest BCUT2D eigenvalue weighted by atomic mass is 16.6. The Hall–Kier alpha value is -1.26. The summed E-state index contributed by atoms with van der Waals surface area (Å²) in [6.07, 6.45) is 1.92. The molecular formula is C10H17NO4. The number of hydrogen-bond acceptors (Lipinski definition) is 3. The number of carboxylic acid groups (broad SMARTS) is 1. The molecule has 0 spiro atoms. The molecule has 1 heterocycles. The Labute approximate surface area is 89.0 Å². The van der Waals surface area contributed by atoms with Crippen molar-refractivity contribution in [3.63, 3.8) is 0 Å². The van der Waals surface area contributed by atoms with E-state index in [2.05, 4.69) is 0 Å². The second kappa shape index (κ2) is 5.58. The minimum atomic E-state index is -0.814. The van der Waals surface area contributed by atoms with E-state index < -0.39 is 5.97 Å². The molecule has 1 aliphatic heterocycles. The van der Waals surface area contributed by atoms with Crippen molar-refractivity contribution >= 4 is 12.1 Å². The molecule has 1 saturated heterocycles. The first-order valence-corrected chi connectivity index (χ1v) is 5.30. The number of hydrogen-bond donors (Lipinski definition) is 1. The summed E-state index contributed by atoms with van der Waals surface area (Å²) in [5.74, 6) is -0.814. The van der Waals surface area contributed by atoms with Crippen molar-refractivity contribution in [1.82, 2.24) is 4.90 Å². The number of ether oxygens (including phenoxy) is 1. The van der Waals surface area contributed by atoms with Gasteiger partial charge in [0.25, 0.3) is 0 Å². The van der Waals surface area contributed by atoms with Crippen molar-refractivity contribution in [2.24, 2.45) is 0 Å². The predicted octanol–water partition coefficient (Wildman–Crippen LogP) is 1.47. The van der Waals surface area contributed by atoms with Crippen LogP contribution in [0.15, 0.2) is 0 Å². The lowest BCUT2D eigenvalue weighted by Gasteiger charge is -2.34. The number of nitrogens with zero attached hydrogens (tertiary/aromatic N) is 1. The van der Waals surface area contributed by atoms with Crippen molar-refractivity contribution in [3.05, 3.63) is 0 Å². The average Bonchev–Trinajstić information content (AvgIpc) is 2.19. The van der Waals surface area contributed by atoms with Crippen molar-refractivity contribution < 1.29 is 19.4 Å². The number of amides is 1. The number of carbonyl (C=O) groups is 2. The Morgan fingerprint density at radius 2 is 2.40 bits per heavy atom. The van der Waals surface area contributed by atoms with Crippen LogP contribution in [0.4, 0.5) is 4.79 Å². The minimum absolute atomic E-state index is 0.0299. The number of carbonyl (C=O) groups excluding carboxylic acids is 1. The van der Waals surface area contributed by atoms with Crippen LogP contribution in [0.5, 0.6) is 0 Å². The van der Waals surface area contributed by atoms with E-state index in [9.17, 15) is 9.59 Å². The summed E-state index contributed by atoms with van der Waals surface area (Å²) in [5.41, 5.74) is 0. The largest absolute Gasteiger partial charge is 0.481 e. The number of aliphatic carboxylic acids is 1. The van der Waals surface area contributed by atoms with Crippen LogP contribution in [-0.4, -0.2) is 41.3 Å². The van der Waals surface area contributed by atoms with Gasteiger partial charge in [0.2, 0.25) is 0 Å². The topological polar surface area (TPSA) is 66.8 Å². The van der Waals surface area contributed by atoms with Gasteiger partial charge in [0.1, 0.15) is 0 Å². The maximum absolute atomic E-state index is 11.4. The van der Waals surface area contributed by atoms with Gasteiger partial charge in [-0.15, -0.1) is 0 Å². The Bertz CT molecular complexity index is 242. The van der Waals surface area contributed by atoms with Crippen LogP contribution in [0.1, 0.15) is 32.6 Å². The van der Waals surface area contributed by atoms with E-state index in [0.29, 0.717) is 19.6 Å². The molecule has 15 heavy (non-hydrogen) atoms. The number of cyclic esters (lactones) is 1. The molecule has 0 aliphatic carbocycles. The van der Waals surface area contributed by atoms with E-state index in [4.69, 9.17) is 9.84 Å². The van der Waals surface area contributed by atoms with Gasteiger partial charge in [-0.1, -0.05) is 6.92 Å². The lowest BCUT2D eigenvalue weighted by atomic mass is 10.1. The predicted molar refractivity (Wildman–Crippen MR) is 53.6 cm³/mol. The number of carboxylic acids is 1. The van der Waals surface area contributed by atoms with Gasteiger partial charge in [-0.3, -0.25) is 4.79 Å². The van der Waals surface area contributed by atoms with E-state index in [1.807, 2.05) is 6.92 Å². The van der Waals surface area contributed by atoms with Gasteiger partial charge in [-0.25, -0.2) is 4.79 Å². The summed E-state index contributed by atoms with van der Waals surface area (Å²) < 4.78 is 4.92. The molecule has 1 aliphatic rings. The van der Waals surface area contributed by atoms with Crippen LogP contribution in [0.25, 0.3) is 0 Å². The lowest BCUT2D eigenvalue weighted by Crippen LogP contribution is -2.46. The number of rotatable bonds is 5. The summed E-state index contributed by atoms with van der Waals surface area (Å²) in [6.45, 7) is 3.03. The van der Waals surface area contributed by atoms with Gasteiger partial charge in [0, 0.05) is 25.4 Å². The van der Waals surface area contributed by atoms with Crippen LogP contribution in [0.3, 0.4) is 0 Å². The SMILES string of the molecule is CCCN1C(=O)OCCC1CCC(=O)O. The lowest BCUT2D eigenvalue weighted by molar-refractivity contribution is -0.137. The third-order valence-electron chi connectivity index (χ3n) is 2.51. The van der Waals surface area contributed by atoms with Crippen molar-refractivity contribution in [1.29, 1.82) is 0 Å². The zero-order valence-electron chi connectivity index (χ0n) is 8.94.